The first kappa shape index (κ1) is 18.6. The molecule has 2 aromatic carbocycles. The Morgan fingerprint density at radius 3 is 2.58 bits per heavy atom. The van der Waals surface area contributed by atoms with Crippen LogP contribution in [-0.2, 0) is 10.5 Å². The Morgan fingerprint density at radius 2 is 1.73 bits per heavy atom. The highest BCUT2D eigenvalue weighted by atomic mass is 32.2. The monoisotopic (exact) mass is 371 g/mol. The SMILES string of the molecule is O=C(CSCc1cccc2ccccc12)NNC(=O)NC1CCCCC1. The van der Waals surface area contributed by atoms with Crippen LogP contribution >= 0.6 is 11.8 Å². The van der Waals surface area contributed by atoms with Crippen molar-refractivity contribution in [3.8, 4) is 0 Å². The maximum Gasteiger partial charge on any atom is 0.333 e. The molecule has 0 radical (unpaired) electrons. The Morgan fingerprint density at radius 1 is 0.962 bits per heavy atom. The number of hydrogen-bond acceptors (Lipinski definition) is 3. The molecule has 2 aromatic rings. The van der Waals surface area contributed by atoms with Gasteiger partial charge < -0.3 is 5.32 Å². The maximum atomic E-state index is 11.9. The number of carbonyl (C=O) groups excluding carboxylic acids is 2. The molecule has 0 unspecified atom stereocenters. The summed E-state index contributed by atoms with van der Waals surface area (Å²) in [5.74, 6) is 0.852. The highest BCUT2D eigenvalue weighted by molar-refractivity contribution is 7.99. The van der Waals surface area contributed by atoms with Crippen LogP contribution in [0.3, 0.4) is 0 Å². The molecule has 0 heterocycles. The molecule has 138 valence electrons. The summed E-state index contributed by atoms with van der Waals surface area (Å²) < 4.78 is 0. The first-order valence-corrected chi connectivity index (χ1v) is 10.3. The van der Waals surface area contributed by atoms with Gasteiger partial charge in [0.2, 0.25) is 5.91 Å². The lowest BCUT2D eigenvalue weighted by Gasteiger charge is -2.22. The van der Waals surface area contributed by atoms with E-state index in [1.807, 2.05) is 18.2 Å². The Hall–Kier alpha value is -2.21. The van der Waals surface area contributed by atoms with E-state index in [0.29, 0.717) is 5.75 Å². The molecule has 0 saturated heterocycles. The number of carbonyl (C=O) groups is 2. The Bertz CT molecular complexity index is 754. The number of amides is 3. The van der Waals surface area contributed by atoms with Crippen molar-refractivity contribution < 1.29 is 9.59 Å². The van der Waals surface area contributed by atoms with Gasteiger partial charge in [-0.1, -0.05) is 61.7 Å². The molecule has 0 aromatic heterocycles. The van der Waals surface area contributed by atoms with E-state index < -0.39 is 0 Å². The summed E-state index contributed by atoms with van der Waals surface area (Å²) in [6.07, 6.45) is 5.58. The van der Waals surface area contributed by atoms with Gasteiger partial charge in [0.25, 0.3) is 0 Å². The van der Waals surface area contributed by atoms with E-state index in [2.05, 4.69) is 40.4 Å². The third-order valence-corrected chi connectivity index (χ3v) is 5.61. The van der Waals surface area contributed by atoms with Crippen molar-refractivity contribution in [2.45, 2.75) is 43.9 Å². The standard InChI is InChI=1S/C20H25N3O2S/c24-19(22-23-20(25)21-17-10-2-1-3-11-17)14-26-13-16-9-6-8-15-7-4-5-12-18(15)16/h4-9,12,17H,1-3,10-11,13-14H2,(H,22,24)(H2,21,23,25). The lowest BCUT2D eigenvalue weighted by molar-refractivity contribution is -0.119. The van der Waals surface area contributed by atoms with Crippen LogP contribution in [0.4, 0.5) is 4.79 Å². The van der Waals surface area contributed by atoms with Crippen molar-refractivity contribution in [3.05, 3.63) is 48.0 Å². The van der Waals surface area contributed by atoms with Crippen LogP contribution < -0.4 is 16.2 Å². The van der Waals surface area contributed by atoms with Gasteiger partial charge >= 0.3 is 6.03 Å². The summed E-state index contributed by atoms with van der Waals surface area (Å²) in [5, 5.41) is 5.33. The van der Waals surface area contributed by atoms with Gasteiger partial charge in [0.15, 0.2) is 0 Å². The molecule has 3 N–H and O–H groups in total. The van der Waals surface area contributed by atoms with Crippen molar-refractivity contribution in [2.75, 3.05) is 5.75 Å². The molecular formula is C20H25N3O2S. The van der Waals surface area contributed by atoms with E-state index in [0.717, 1.165) is 31.4 Å². The van der Waals surface area contributed by atoms with Gasteiger partial charge in [-0.05, 0) is 29.2 Å². The molecule has 0 aliphatic heterocycles. The fraction of sp³-hybridized carbons (Fsp3) is 0.400. The third-order valence-electron chi connectivity index (χ3n) is 4.63. The minimum absolute atomic E-state index is 0.200. The molecule has 1 aliphatic rings. The molecule has 0 spiro atoms. The van der Waals surface area contributed by atoms with Gasteiger partial charge in [-0.15, -0.1) is 11.8 Å². The smallest absolute Gasteiger partial charge is 0.333 e. The highest BCUT2D eigenvalue weighted by Gasteiger charge is 2.15. The maximum absolute atomic E-state index is 11.9. The average Bonchev–Trinajstić information content (AvgIpc) is 2.67. The second-order valence-corrected chi connectivity index (χ2v) is 7.60. The summed E-state index contributed by atoms with van der Waals surface area (Å²) >= 11 is 1.53. The van der Waals surface area contributed by atoms with Crippen molar-refractivity contribution in [2.24, 2.45) is 0 Å². The van der Waals surface area contributed by atoms with Crippen LogP contribution in [0.1, 0.15) is 37.7 Å². The van der Waals surface area contributed by atoms with Crippen LogP contribution in [0.25, 0.3) is 10.8 Å². The zero-order valence-electron chi connectivity index (χ0n) is 14.8. The van der Waals surface area contributed by atoms with E-state index in [1.165, 1.54) is 34.5 Å². The third kappa shape index (κ3) is 5.39. The molecule has 26 heavy (non-hydrogen) atoms. The van der Waals surface area contributed by atoms with Crippen LogP contribution in [0, 0.1) is 0 Å². The number of rotatable bonds is 5. The Balaban J connectivity index is 1.38. The first-order valence-electron chi connectivity index (χ1n) is 9.12. The van der Waals surface area contributed by atoms with Gasteiger partial charge in [-0.3, -0.25) is 10.2 Å². The lowest BCUT2D eigenvalue weighted by Crippen LogP contribution is -2.50. The normalized spacial score (nSPS) is 14.8. The largest absolute Gasteiger partial charge is 0.334 e. The minimum atomic E-state index is -0.329. The first-order chi connectivity index (χ1) is 12.7. The second kappa shape index (κ2) is 9.48. The number of nitrogens with one attached hydrogen (secondary N) is 3. The van der Waals surface area contributed by atoms with E-state index in [1.54, 1.807) is 0 Å². The molecule has 1 fully saturated rings. The fourth-order valence-corrected chi connectivity index (χ4v) is 4.13. The summed E-state index contributed by atoms with van der Waals surface area (Å²) in [5.41, 5.74) is 6.13. The van der Waals surface area contributed by atoms with Crippen molar-refractivity contribution in [3.63, 3.8) is 0 Å². The quantitative estimate of drug-likeness (QED) is 0.701. The predicted molar refractivity (Wildman–Crippen MR) is 107 cm³/mol. The van der Waals surface area contributed by atoms with Crippen LogP contribution in [0.2, 0.25) is 0 Å². The number of hydrogen-bond donors (Lipinski definition) is 3. The average molecular weight is 372 g/mol. The van der Waals surface area contributed by atoms with Crippen LogP contribution in [-0.4, -0.2) is 23.7 Å². The Kier molecular flexibility index (Phi) is 6.77. The van der Waals surface area contributed by atoms with Gasteiger partial charge in [-0.2, -0.15) is 0 Å². The van der Waals surface area contributed by atoms with Gasteiger partial charge in [0.05, 0.1) is 5.75 Å². The molecule has 1 saturated carbocycles. The number of thioether (sulfide) groups is 1. The summed E-state index contributed by atoms with van der Waals surface area (Å²) in [6, 6.07) is 14.3. The minimum Gasteiger partial charge on any atom is -0.334 e. The van der Waals surface area contributed by atoms with E-state index >= 15 is 0 Å². The molecule has 6 heteroatoms. The summed E-state index contributed by atoms with van der Waals surface area (Å²) in [6.45, 7) is 0. The number of benzene rings is 2. The van der Waals surface area contributed by atoms with Crippen LogP contribution in [0.15, 0.2) is 42.5 Å². The van der Waals surface area contributed by atoms with Gasteiger partial charge in [0.1, 0.15) is 0 Å². The summed E-state index contributed by atoms with van der Waals surface area (Å²) in [7, 11) is 0. The van der Waals surface area contributed by atoms with Crippen LogP contribution in [0.5, 0.6) is 0 Å². The van der Waals surface area contributed by atoms with Crippen molar-refractivity contribution in [1.82, 2.24) is 16.2 Å². The highest BCUT2D eigenvalue weighted by Crippen LogP contribution is 2.22. The molecule has 3 amide bonds. The van der Waals surface area contributed by atoms with Gasteiger partial charge in [-0.25, -0.2) is 10.2 Å². The molecule has 0 bridgehead atoms. The van der Waals surface area contributed by atoms with E-state index in [4.69, 9.17) is 0 Å². The number of urea groups is 1. The van der Waals surface area contributed by atoms with Gasteiger partial charge in [0, 0.05) is 11.8 Å². The molecule has 3 rings (SSSR count). The predicted octanol–water partition coefficient (Wildman–Crippen LogP) is 3.74. The van der Waals surface area contributed by atoms with Crippen molar-refractivity contribution >= 4 is 34.5 Å². The van der Waals surface area contributed by atoms with E-state index in [9.17, 15) is 9.59 Å². The zero-order chi connectivity index (χ0) is 18.2. The number of fused-ring (bicyclic) bond motifs is 1. The zero-order valence-corrected chi connectivity index (χ0v) is 15.6. The topological polar surface area (TPSA) is 70.2 Å². The second-order valence-electron chi connectivity index (χ2n) is 6.61. The summed E-state index contributed by atoms with van der Waals surface area (Å²) in [4.78, 5) is 23.7. The number of hydrazine groups is 1. The lowest BCUT2D eigenvalue weighted by atomic mass is 9.96. The Labute approximate surface area is 158 Å². The molecule has 1 aliphatic carbocycles. The molecule has 0 atom stereocenters. The molecular weight excluding hydrogens is 346 g/mol. The van der Waals surface area contributed by atoms with Crippen molar-refractivity contribution in [1.29, 1.82) is 0 Å². The fourth-order valence-electron chi connectivity index (χ4n) is 3.30. The van der Waals surface area contributed by atoms with E-state index in [-0.39, 0.29) is 18.0 Å². The molecule has 5 nitrogen and oxygen atoms in total.